The second kappa shape index (κ2) is 6.10. The van der Waals surface area contributed by atoms with Crippen LogP contribution in [0.1, 0.15) is 38.5 Å². The van der Waals surface area contributed by atoms with Gasteiger partial charge < -0.3 is 10.6 Å². The van der Waals surface area contributed by atoms with Crippen LogP contribution in [0.3, 0.4) is 0 Å². The van der Waals surface area contributed by atoms with Crippen LogP contribution in [0.25, 0.3) is 0 Å². The van der Waals surface area contributed by atoms with E-state index in [1.807, 2.05) is 11.8 Å². The first-order valence-corrected chi connectivity index (χ1v) is 8.02. The lowest BCUT2D eigenvalue weighted by molar-refractivity contribution is -0.125. The Hall–Kier alpha value is -0.220. The van der Waals surface area contributed by atoms with Crippen molar-refractivity contribution in [2.45, 2.75) is 43.3 Å². The number of thioether (sulfide) groups is 1. The third-order valence-electron chi connectivity index (χ3n) is 4.20. The van der Waals surface area contributed by atoms with Crippen LogP contribution < -0.4 is 10.6 Å². The zero-order valence-electron chi connectivity index (χ0n) is 10.8. The first-order chi connectivity index (χ1) is 8.26. The van der Waals surface area contributed by atoms with Crippen LogP contribution in [0.5, 0.6) is 0 Å². The van der Waals surface area contributed by atoms with E-state index >= 15 is 0 Å². The molecule has 3 nitrogen and oxygen atoms in total. The zero-order valence-corrected chi connectivity index (χ0v) is 11.6. The van der Waals surface area contributed by atoms with Gasteiger partial charge >= 0.3 is 0 Å². The molecule has 0 radical (unpaired) electrons. The number of carbonyl (C=O) groups is 1. The average molecular weight is 256 g/mol. The number of carbonyl (C=O) groups excluding carboxylic acids is 1. The number of amides is 1. The SMILES string of the molecule is CSC1(CNC(=O)[C@H]2CCCNC2)CCCC1. The maximum absolute atomic E-state index is 12.1. The molecule has 1 saturated heterocycles. The van der Waals surface area contributed by atoms with Crippen molar-refractivity contribution in [3.63, 3.8) is 0 Å². The lowest BCUT2D eigenvalue weighted by Crippen LogP contribution is -2.45. The summed E-state index contributed by atoms with van der Waals surface area (Å²) in [6.45, 7) is 2.79. The van der Waals surface area contributed by atoms with E-state index in [-0.39, 0.29) is 11.8 Å². The molecule has 1 aliphatic carbocycles. The maximum Gasteiger partial charge on any atom is 0.224 e. The molecule has 4 heteroatoms. The van der Waals surface area contributed by atoms with Gasteiger partial charge in [-0.3, -0.25) is 4.79 Å². The fourth-order valence-electron chi connectivity index (χ4n) is 2.94. The summed E-state index contributed by atoms with van der Waals surface area (Å²) in [4.78, 5) is 12.1. The molecule has 1 saturated carbocycles. The number of hydrogen-bond acceptors (Lipinski definition) is 3. The van der Waals surface area contributed by atoms with Crippen LogP contribution in [-0.4, -0.2) is 36.5 Å². The number of piperidine rings is 1. The summed E-state index contributed by atoms with van der Waals surface area (Å²) >= 11 is 1.94. The van der Waals surface area contributed by atoms with E-state index in [4.69, 9.17) is 0 Å². The molecule has 1 atom stereocenters. The van der Waals surface area contributed by atoms with Gasteiger partial charge in [0, 0.05) is 17.8 Å². The minimum Gasteiger partial charge on any atom is -0.354 e. The Morgan fingerprint density at radius 3 is 2.76 bits per heavy atom. The molecular formula is C13H24N2OS. The van der Waals surface area contributed by atoms with Gasteiger partial charge in [0.2, 0.25) is 5.91 Å². The molecule has 1 aliphatic heterocycles. The predicted octanol–water partition coefficient (Wildman–Crippen LogP) is 1.78. The van der Waals surface area contributed by atoms with Crippen molar-refractivity contribution in [3.8, 4) is 0 Å². The third kappa shape index (κ3) is 3.38. The van der Waals surface area contributed by atoms with Crippen LogP contribution >= 0.6 is 11.8 Å². The second-order valence-corrected chi connectivity index (χ2v) is 6.63. The quantitative estimate of drug-likeness (QED) is 0.805. The molecule has 0 aromatic rings. The lowest BCUT2D eigenvalue weighted by atomic mass is 9.98. The van der Waals surface area contributed by atoms with E-state index in [0.717, 1.165) is 32.5 Å². The molecule has 2 fully saturated rings. The normalized spacial score (nSPS) is 27.9. The van der Waals surface area contributed by atoms with Crippen molar-refractivity contribution in [2.75, 3.05) is 25.9 Å². The largest absolute Gasteiger partial charge is 0.354 e. The van der Waals surface area contributed by atoms with Crippen molar-refractivity contribution < 1.29 is 4.79 Å². The minimum atomic E-state index is 0.198. The topological polar surface area (TPSA) is 41.1 Å². The summed E-state index contributed by atoms with van der Waals surface area (Å²) in [7, 11) is 0. The summed E-state index contributed by atoms with van der Waals surface area (Å²) < 4.78 is 0.331. The van der Waals surface area contributed by atoms with E-state index in [1.54, 1.807) is 0 Å². The Morgan fingerprint density at radius 2 is 2.18 bits per heavy atom. The molecule has 98 valence electrons. The van der Waals surface area contributed by atoms with Crippen molar-refractivity contribution in [1.29, 1.82) is 0 Å². The van der Waals surface area contributed by atoms with Crippen LogP contribution in [0.2, 0.25) is 0 Å². The minimum absolute atomic E-state index is 0.198. The Labute approximate surface area is 108 Å². The molecule has 2 N–H and O–H groups in total. The van der Waals surface area contributed by atoms with E-state index in [9.17, 15) is 4.79 Å². The van der Waals surface area contributed by atoms with Crippen molar-refractivity contribution in [3.05, 3.63) is 0 Å². The lowest BCUT2D eigenvalue weighted by Gasteiger charge is -2.29. The van der Waals surface area contributed by atoms with Gasteiger partial charge in [-0.05, 0) is 38.5 Å². The highest BCUT2D eigenvalue weighted by Crippen LogP contribution is 2.39. The van der Waals surface area contributed by atoms with Gasteiger partial charge in [-0.2, -0.15) is 11.8 Å². The van der Waals surface area contributed by atoms with Gasteiger partial charge in [0.05, 0.1) is 5.92 Å². The van der Waals surface area contributed by atoms with E-state index in [1.165, 1.54) is 25.7 Å². The van der Waals surface area contributed by atoms with Gasteiger partial charge in [0.15, 0.2) is 0 Å². The predicted molar refractivity (Wildman–Crippen MR) is 73.3 cm³/mol. The number of nitrogens with one attached hydrogen (secondary N) is 2. The van der Waals surface area contributed by atoms with Crippen molar-refractivity contribution in [2.24, 2.45) is 5.92 Å². The van der Waals surface area contributed by atoms with Crippen molar-refractivity contribution >= 4 is 17.7 Å². The monoisotopic (exact) mass is 256 g/mol. The fourth-order valence-corrected chi connectivity index (χ4v) is 3.85. The van der Waals surface area contributed by atoms with Gasteiger partial charge in [-0.1, -0.05) is 12.8 Å². The molecule has 2 aliphatic rings. The highest BCUT2D eigenvalue weighted by Gasteiger charge is 2.34. The van der Waals surface area contributed by atoms with E-state index in [2.05, 4.69) is 16.9 Å². The molecule has 2 rings (SSSR count). The zero-order chi connectivity index (χ0) is 12.1. The molecule has 0 aromatic carbocycles. The molecule has 0 bridgehead atoms. The summed E-state index contributed by atoms with van der Waals surface area (Å²) in [6, 6.07) is 0. The molecule has 0 aromatic heterocycles. The van der Waals surface area contributed by atoms with Crippen LogP contribution in [0, 0.1) is 5.92 Å². The van der Waals surface area contributed by atoms with Gasteiger partial charge in [0.25, 0.3) is 0 Å². The van der Waals surface area contributed by atoms with Crippen LogP contribution in [-0.2, 0) is 4.79 Å². The standard InChI is InChI=1S/C13H24N2OS/c1-17-13(6-2-3-7-13)10-15-12(16)11-5-4-8-14-9-11/h11,14H,2-10H2,1H3,(H,15,16)/t11-/m0/s1. The third-order valence-corrected chi connectivity index (χ3v) is 5.62. The molecule has 1 amide bonds. The smallest absolute Gasteiger partial charge is 0.224 e. The Bertz CT molecular complexity index is 258. The first-order valence-electron chi connectivity index (χ1n) is 6.79. The molecule has 0 unspecified atom stereocenters. The van der Waals surface area contributed by atoms with Gasteiger partial charge in [-0.25, -0.2) is 0 Å². The summed E-state index contributed by atoms with van der Waals surface area (Å²) in [6.07, 6.45) is 9.52. The van der Waals surface area contributed by atoms with Crippen LogP contribution in [0.15, 0.2) is 0 Å². The Morgan fingerprint density at radius 1 is 1.41 bits per heavy atom. The van der Waals surface area contributed by atoms with Crippen molar-refractivity contribution in [1.82, 2.24) is 10.6 Å². The number of hydrogen-bond donors (Lipinski definition) is 2. The van der Waals surface area contributed by atoms with Crippen LogP contribution in [0.4, 0.5) is 0 Å². The maximum atomic E-state index is 12.1. The highest BCUT2D eigenvalue weighted by molar-refractivity contribution is 8.00. The summed E-state index contributed by atoms with van der Waals surface area (Å²) in [5.41, 5.74) is 0. The Balaban J connectivity index is 1.78. The summed E-state index contributed by atoms with van der Waals surface area (Å²) in [5.74, 6) is 0.460. The fraction of sp³-hybridized carbons (Fsp3) is 0.923. The van der Waals surface area contributed by atoms with E-state index < -0.39 is 0 Å². The highest BCUT2D eigenvalue weighted by atomic mass is 32.2. The Kier molecular flexibility index (Phi) is 4.74. The molecule has 17 heavy (non-hydrogen) atoms. The number of rotatable bonds is 4. The molecule has 0 spiro atoms. The van der Waals surface area contributed by atoms with E-state index in [0.29, 0.717) is 4.75 Å². The average Bonchev–Trinajstić information content (AvgIpc) is 2.86. The van der Waals surface area contributed by atoms with Gasteiger partial charge in [0.1, 0.15) is 0 Å². The first kappa shape index (κ1) is 13.2. The molecular weight excluding hydrogens is 232 g/mol. The summed E-state index contributed by atoms with van der Waals surface area (Å²) in [5, 5.41) is 6.49. The second-order valence-electron chi connectivity index (χ2n) is 5.36. The molecule has 1 heterocycles. The van der Waals surface area contributed by atoms with Gasteiger partial charge in [-0.15, -0.1) is 0 Å².